The second kappa shape index (κ2) is 6.41. The molecule has 0 aromatic heterocycles. The van der Waals surface area contributed by atoms with Gasteiger partial charge < -0.3 is 14.8 Å². The van der Waals surface area contributed by atoms with Crippen molar-refractivity contribution in [3.05, 3.63) is 0 Å². The number of nitrogens with zero attached hydrogens (tertiary/aromatic N) is 1. The van der Waals surface area contributed by atoms with Gasteiger partial charge in [-0.2, -0.15) is 0 Å². The number of hydrogen-bond donors (Lipinski definition) is 1. The summed E-state index contributed by atoms with van der Waals surface area (Å²) in [6.45, 7) is 12.1. The predicted molar refractivity (Wildman–Crippen MR) is 79.8 cm³/mol. The Bertz CT molecular complexity index is 346. The molecule has 1 heterocycles. The van der Waals surface area contributed by atoms with E-state index < -0.39 is 5.54 Å². The fraction of sp³-hybridized carbons (Fsp3) is 0.933. The second-order valence-electron chi connectivity index (χ2n) is 6.74. The van der Waals surface area contributed by atoms with Gasteiger partial charge in [-0.1, -0.05) is 0 Å². The van der Waals surface area contributed by atoms with Gasteiger partial charge in [0, 0.05) is 19.1 Å². The van der Waals surface area contributed by atoms with Gasteiger partial charge in [0.1, 0.15) is 5.54 Å². The van der Waals surface area contributed by atoms with Crippen molar-refractivity contribution in [2.75, 3.05) is 27.2 Å². The maximum atomic E-state index is 11.9. The van der Waals surface area contributed by atoms with Gasteiger partial charge in [-0.3, -0.25) is 9.69 Å². The lowest BCUT2D eigenvalue weighted by atomic mass is 9.91. The molecule has 20 heavy (non-hydrogen) atoms. The van der Waals surface area contributed by atoms with Crippen molar-refractivity contribution in [2.45, 2.75) is 64.3 Å². The van der Waals surface area contributed by atoms with Gasteiger partial charge in [-0.15, -0.1) is 0 Å². The summed E-state index contributed by atoms with van der Waals surface area (Å²) in [6.07, 6.45) is 0.916. The van der Waals surface area contributed by atoms with Crippen LogP contribution in [0.4, 0.5) is 0 Å². The number of likely N-dealkylation sites (N-methyl/N-ethyl adjacent to an activating group) is 1. The summed E-state index contributed by atoms with van der Waals surface area (Å²) in [5, 5.41) is 3.10. The van der Waals surface area contributed by atoms with Gasteiger partial charge in [0.15, 0.2) is 0 Å². The van der Waals surface area contributed by atoms with Gasteiger partial charge in [0.05, 0.1) is 18.8 Å². The fourth-order valence-electron chi connectivity index (χ4n) is 3.07. The highest BCUT2D eigenvalue weighted by Crippen LogP contribution is 2.25. The van der Waals surface area contributed by atoms with Crippen LogP contribution in [-0.4, -0.2) is 61.4 Å². The number of nitrogens with one attached hydrogen (secondary N) is 1. The Morgan fingerprint density at radius 3 is 2.65 bits per heavy atom. The molecule has 118 valence electrons. The molecule has 3 atom stereocenters. The van der Waals surface area contributed by atoms with Crippen molar-refractivity contribution in [1.82, 2.24) is 10.2 Å². The summed E-state index contributed by atoms with van der Waals surface area (Å²) in [6, 6.07) is 0.275. The molecular weight excluding hydrogens is 256 g/mol. The van der Waals surface area contributed by atoms with E-state index >= 15 is 0 Å². The Morgan fingerprint density at radius 1 is 1.60 bits per heavy atom. The molecule has 0 spiro atoms. The first-order chi connectivity index (χ1) is 9.13. The lowest BCUT2D eigenvalue weighted by molar-refractivity contribution is -0.151. The molecule has 0 bridgehead atoms. The summed E-state index contributed by atoms with van der Waals surface area (Å²) < 4.78 is 10.8. The molecular formula is C15H30N2O3. The van der Waals surface area contributed by atoms with Gasteiger partial charge in [0.2, 0.25) is 0 Å². The number of rotatable bonds is 5. The lowest BCUT2D eigenvalue weighted by Gasteiger charge is -2.45. The van der Waals surface area contributed by atoms with E-state index in [1.54, 1.807) is 7.05 Å². The van der Waals surface area contributed by atoms with E-state index in [0.29, 0.717) is 6.42 Å². The van der Waals surface area contributed by atoms with Gasteiger partial charge in [-0.05, 0) is 48.1 Å². The Balaban J connectivity index is 2.74. The standard InChI is InChI=1S/C15H30N2O3/c1-11(8-15(5,16-6)13(18)19-7)17-9-12(2)20-14(3,4)10-17/h11-12,16H,8-10H2,1-7H3. The molecule has 1 N–H and O–H groups in total. The third-order valence-corrected chi connectivity index (χ3v) is 4.11. The zero-order valence-electron chi connectivity index (χ0n) is 13.9. The van der Waals surface area contributed by atoms with Crippen molar-refractivity contribution in [3.8, 4) is 0 Å². The van der Waals surface area contributed by atoms with Crippen LogP contribution in [0.25, 0.3) is 0 Å². The zero-order valence-corrected chi connectivity index (χ0v) is 13.9. The molecule has 5 heteroatoms. The van der Waals surface area contributed by atoms with E-state index in [0.717, 1.165) is 13.1 Å². The highest BCUT2D eigenvalue weighted by Gasteiger charge is 2.39. The maximum Gasteiger partial charge on any atom is 0.325 e. The Hall–Kier alpha value is -0.650. The Morgan fingerprint density at radius 2 is 2.20 bits per heavy atom. The third kappa shape index (κ3) is 4.17. The Kier molecular flexibility index (Phi) is 5.58. The van der Waals surface area contributed by atoms with Gasteiger partial charge >= 0.3 is 5.97 Å². The van der Waals surface area contributed by atoms with Crippen molar-refractivity contribution < 1.29 is 14.3 Å². The SMILES string of the molecule is CNC(C)(CC(C)N1CC(C)OC(C)(C)C1)C(=O)OC. The monoisotopic (exact) mass is 286 g/mol. The smallest absolute Gasteiger partial charge is 0.325 e. The molecule has 3 unspecified atom stereocenters. The molecule has 0 aromatic rings. The number of morpholine rings is 1. The van der Waals surface area contributed by atoms with Crippen molar-refractivity contribution in [3.63, 3.8) is 0 Å². The predicted octanol–water partition coefficient (Wildman–Crippen LogP) is 1.42. The largest absolute Gasteiger partial charge is 0.468 e. The molecule has 5 nitrogen and oxygen atoms in total. The summed E-state index contributed by atoms with van der Waals surface area (Å²) in [5.41, 5.74) is -0.799. The van der Waals surface area contributed by atoms with Crippen molar-refractivity contribution >= 4 is 5.97 Å². The van der Waals surface area contributed by atoms with Crippen molar-refractivity contribution in [2.24, 2.45) is 0 Å². The molecule has 0 amide bonds. The first kappa shape index (κ1) is 17.4. The highest BCUT2D eigenvalue weighted by molar-refractivity contribution is 5.80. The topological polar surface area (TPSA) is 50.8 Å². The summed E-state index contributed by atoms with van der Waals surface area (Å²) >= 11 is 0. The number of esters is 1. The summed E-state index contributed by atoms with van der Waals surface area (Å²) in [5.74, 6) is -0.215. The van der Waals surface area contributed by atoms with Gasteiger partial charge in [0.25, 0.3) is 0 Å². The normalized spacial score (nSPS) is 27.6. The molecule has 0 saturated carbocycles. The maximum absolute atomic E-state index is 11.9. The van der Waals surface area contributed by atoms with Gasteiger partial charge in [-0.25, -0.2) is 0 Å². The van der Waals surface area contributed by atoms with Crippen LogP contribution in [-0.2, 0) is 14.3 Å². The van der Waals surface area contributed by atoms with E-state index in [1.165, 1.54) is 7.11 Å². The lowest BCUT2D eigenvalue weighted by Crippen LogP contribution is -2.58. The van der Waals surface area contributed by atoms with Crippen LogP contribution in [0.3, 0.4) is 0 Å². The molecule has 1 fully saturated rings. The van der Waals surface area contributed by atoms with E-state index in [1.807, 2.05) is 6.92 Å². The van der Waals surface area contributed by atoms with Crippen molar-refractivity contribution in [1.29, 1.82) is 0 Å². The molecule has 1 aliphatic rings. The number of hydrogen-bond acceptors (Lipinski definition) is 5. The quantitative estimate of drug-likeness (QED) is 0.775. The highest BCUT2D eigenvalue weighted by atomic mass is 16.5. The second-order valence-corrected chi connectivity index (χ2v) is 6.74. The minimum Gasteiger partial charge on any atom is -0.468 e. The molecule has 1 aliphatic heterocycles. The van der Waals surface area contributed by atoms with E-state index in [4.69, 9.17) is 9.47 Å². The molecule has 0 aromatic carbocycles. The van der Waals surface area contributed by atoms with Crippen LogP contribution in [0.5, 0.6) is 0 Å². The van der Waals surface area contributed by atoms with Crippen LogP contribution in [0, 0.1) is 0 Å². The third-order valence-electron chi connectivity index (χ3n) is 4.11. The van der Waals surface area contributed by atoms with E-state index in [2.05, 4.69) is 37.9 Å². The zero-order chi connectivity index (χ0) is 15.6. The molecule has 0 radical (unpaired) electrons. The van der Waals surface area contributed by atoms with Crippen LogP contribution in [0.1, 0.15) is 41.0 Å². The molecule has 1 saturated heterocycles. The van der Waals surface area contributed by atoms with Crippen LogP contribution in [0.2, 0.25) is 0 Å². The Labute approximate surface area is 123 Å². The van der Waals surface area contributed by atoms with Crippen LogP contribution < -0.4 is 5.32 Å². The number of carbonyl (C=O) groups excluding carboxylic acids is 1. The summed E-state index contributed by atoms with van der Waals surface area (Å²) in [4.78, 5) is 14.3. The minimum absolute atomic E-state index is 0.146. The fourth-order valence-corrected chi connectivity index (χ4v) is 3.07. The van der Waals surface area contributed by atoms with Crippen LogP contribution in [0.15, 0.2) is 0 Å². The number of carbonyl (C=O) groups is 1. The van der Waals surface area contributed by atoms with Crippen LogP contribution >= 0.6 is 0 Å². The average Bonchev–Trinajstić information content (AvgIpc) is 2.35. The van der Waals surface area contributed by atoms with E-state index in [-0.39, 0.29) is 23.7 Å². The minimum atomic E-state index is -0.653. The number of methoxy groups -OCH3 is 1. The first-order valence-electron chi connectivity index (χ1n) is 7.33. The average molecular weight is 286 g/mol. The van der Waals surface area contributed by atoms with E-state index in [9.17, 15) is 4.79 Å². The first-order valence-corrected chi connectivity index (χ1v) is 7.33. The summed E-state index contributed by atoms with van der Waals surface area (Å²) in [7, 11) is 3.23. The molecule has 1 rings (SSSR count). The molecule has 0 aliphatic carbocycles. The number of ether oxygens (including phenoxy) is 2.